The summed E-state index contributed by atoms with van der Waals surface area (Å²) in [6.45, 7) is -0.600. The highest BCUT2D eigenvalue weighted by atomic mass is 31.2. The van der Waals surface area contributed by atoms with Crippen molar-refractivity contribution in [3.8, 4) is 0 Å². The van der Waals surface area contributed by atoms with Gasteiger partial charge in [-0.25, -0.2) is 19.5 Å². The molecule has 4 rings (SSSR count). The van der Waals surface area contributed by atoms with Crippen LogP contribution in [0.25, 0.3) is 11.0 Å². The average Bonchev–Trinajstić information content (AvgIpc) is 3.11. The molecule has 0 spiro atoms. The van der Waals surface area contributed by atoms with Crippen LogP contribution in [0.5, 0.6) is 0 Å². The molecular formula is C13H17N6O7P. The van der Waals surface area contributed by atoms with Gasteiger partial charge in [0.15, 0.2) is 17.9 Å². The Bertz CT molecular complexity index is 973. The number of hydrogen-bond donors (Lipinski definition) is 5. The fourth-order valence-electron chi connectivity index (χ4n) is 3.23. The van der Waals surface area contributed by atoms with E-state index in [0.29, 0.717) is 22.4 Å². The van der Waals surface area contributed by atoms with E-state index >= 15 is 0 Å². The number of nitrogens with zero attached hydrogens (tertiary/aromatic N) is 5. The Balaban J connectivity index is 1.72. The standard InChI is InChI=1S/C13H17N6O7P/c1-18-11-7-5(10(14)17-18)2-19(12(7)16-4-15-11)13-9(21)8(20)6(26-13)3-25-27(22,23)24/h2,4,6,8-9,13,20-21H,3H2,1H3,(H2,14,17)(H2,22,23,24)/t6-,8+,9-,13+/m0/s1. The van der Waals surface area contributed by atoms with E-state index in [0.717, 1.165) is 0 Å². The number of hydrogen-bond acceptors (Lipinski definition) is 10. The van der Waals surface area contributed by atoms with E-state index < -0.39 is 39.0 Å². The molecule has 0 aliphatic carbocycles. The lowest BCUT2D eigenvalue weighted by molar-refractivity contribution is -0.0501. The zero-order valence-electron chi connectivity index (χ0n) is 13.9. The van der Waals surface area contributed by atoms with Gasteiger partial charge in [-0.1, -0.05) is 0 Å². The first kappa shape index (κ1) is 18.3. The SMILES string of the molecule is CN1N=C(N)c2cn([C@@H]3O[C@@H](COP(=O)(O)O)[C@@H](O)[C@@H]3O)c3ncnc1c23. The highest BCUT2D eigenvalue weighted by Gasteiger charge is 2.45. The molecule has 0 bridgehead atoms. The van der Waals surface area contributed by atoms with E-state index in [-0.39, 0.29) is 5.84 Å². The third kappa shape index (κ3) is 2.99. The lowest BCUT2D eigenvalue weighted by Crippen LogP contribution is -2.33. The Morgan fingerprint density at radius 1 is 1.33 bits per heavy atom. The van der Waals surface area contributed by atoms with Crippen molar-refractivity contribution in [2.24, 2.45) is 10.8 Å². The molecule has 0 radical (unpaired) electrons. The zero-order chi connectivity index (χ0) is 19.5. The second kappa shape index (κ2) is 6.21. The summed E-state index contributed by atoms with van der Waals surface area (Å²) in [5.41, 5.74) is 6.91. The van der Waals surface area contributed by atoms with Gasteiger partial charge in [-0.05, 0) is 0 Å². The number of rotatable bonds is 4. The van der Waals surface area contributed by atoms with Crippen molar-refractivity contribution in [1.29, 1.82) is 0 Å². The van der Waals surface area contributed by atoms with Crippen LogP contribution in [0, 0.1) is 0 Å². The Morgan fingerprint density at radius 2 is 2.07 bits per heavy atom. The van der Waals surface area contributed by atoms with Crippen molar-refractivity contribution in [3.05, 3.63) is 18.1 Å². The second-order valence-electron chi connectivity index (χ2n) is 6.19. The van der Waals surface area contributed by atoms with Gasteiger partial charge in [-0.15, -0.1) is 0 Å². The fraction of sp³-hybridized carbons (Fsp3) is 0.462. The monoisotopic (exact) mass is 400 g/mol. The van der Waals surface area contributed by atoms with Crippen LogP contribution in [-0.4, -0.2) is 72.3 Å². The normalized spacial score (nSPS) is 28.0. The molecule has 6 N–H and O–H groups in total. The number of aliphatic hydroxyl groups is 2. The summed E-state index contributed by atoms with van der Waals surface area (Å²) in [5, 5.41) is 26.8. The van der Waals surface area contributed by atoms with Gasteiger partial charge in [0, 0.05) is 18.8 Å². The van der Waals surface area contributed by atoms with Gasteiger partial charge in [0.25, 0.3) is 0 Å². The van der Waals surface area contributed by atoms with Gasteiger partial charge in [0.2, 0.25) is 0 Å². The molecule has 1 saturated heterocycles. The quantitative estimate of drug-likeness (QED) is 0.365. The lowest BCUT2D eigenvalue weighted by Gasteiger charge is -2.19. The van der Waals surface area contributed by atoms with Gasteiger partial charge >= 0.3 is 7.82 Å². The molecule has 27 heavy (non-hydrogen) atoms. The Morgan fingerprint density at radius 3 is 2.78 bits per heavy atom. The number of aliphatic hydroxyl groups excluding tert-OH is 2. The molecule has 0 amide bonds. The number of ether oxygens (including phenoxy) is 1. The van der Waals surface area contributed by atoms with Crippen molar-refractivity contribution in [2.45, 2.75) is 24.5 Å². The summed E-state index contributed by atoms with van der Waals surface area (Å²) >= 11 is 0. The van der Waals surface area contributed by atoms with Gasteiger partial charge < -0.3 is 35.0 Å². The van der Waals surface area contributed by atoms with Crippen LogP contribution in [0.2, 0.25) is 0 Å². The fourth-order valence-corrected chi connectivity index (χ4v) is 3.57. The van der Waals surface area contributed by atoms with Crippen LogP contribution < -0.4 is 10.7 Å². The summed E-state index contributed by atoms with van der Waals surface area (Å²) in [6.07, 6.45) is -2.17. The third-order valence-corrected chi connectivity index (χ3v) is 4.93. The number of nitrogens with two attached hydrogens (primary N) is 1. The van der Waals surface area contributed by atoms with Crippen LogP contribution in [0.15, 0.2) is 17.6 Å². The first-order chi connectivity index (χ1) is 12.7. The minimum atomic E-state index is -4.75. The third-order valence-electron chi connectivity index (χ3n) is 4.45. The summed E-state index contributed by atoms with van der Waals surface area (Å²) in [6, 6.07) is 0. The summed E-state index contributed by atoms with van der Waals surface area (Å²) in [4.78, 5) is 26.0. The van der Waals surface area contributed by atoms with Crippen molar-refractivity contribution in [1.82, 2.24) is 14.5 Å². The number of amidine groups is 1. The van der Waals surface area contributed by atoms with E-state index in [1.807, 2.05) is 0 Å². The minimum Gasteiger partial charge on any atom is -0.387 e. The van der Waals surface area contributed by atoms with Crippen molar-refractivity contribution in [3.63, 3.8) is 0 Å². The molecule has 4 heterocycles. The van der Waals surface area contributed by atoms with Crippen LogP contribution in [0.1, 0.15) is 11.8 Å². The molecule has 2 aromatic rings. The maximum atomic E-state index is 10.9. The van der Waals surface area contributed by atoms with E-state index in [1.54, 1.807) is 13.2 Å². The van der Waals surface area contributed by atoms with E-state index in [9.17, 15) is 14.8 Å². The summed E-state index contributed by atoms with van der Waals surface area (Å²) in [7, 11) is -3.07. The summed E-state index contributed by atoms with van der Waals surface area (Å²) < 4.78 is 22.3. The largest absolute Gasteiger partial charge is 0.469 e. The number of phosphoric acid groups is 1. The predicted octanol–water partition coefficient (Wildman–Crippen LogP) is -1.77. The van der Waals surface area contributed by atoms with E-state index in [4.69, 9.17) is 20.3 Å². The lowest BCUT2D eigenvalue weighted by atomic mass is 10.1. The smallest absolute Gasteiger partial charge is 0.387 e. The number of phosphoric ester groups is 1. The van der Waals surface area contributed by atoms with E-state index in [2.05, 4.69) is 19.6 Å². The number of anilines is 1. The maximum absolute atomic E-state index is 10.9. The van der Waals surface area contributed by atoms with Crippen LogP contribution in [0.4, 0.5) is 5.82 Å². The zero-order valence-corrected chi connectivity index (χ0v) is 14.8. The molecule has 14 heteroatoms. The molecule has 2 aliphatic rings. The molecular weight excluding hydrogens is 383 g/mol. The highest BCUT2D eigenvalue weighted by molar-refractivity contribution is 7.46. The Labute approximate surface area is 151 Å². The molecule has 146 valence electrons. The number of hydrazone groups is 1. The molecule has 4 atom stereocenters. The molecule has 0 aromatic carbocycles. The molecule has 2 aliphatic heterocycles. The Kier molecular flexibility index (Phi) is 4.20. The van der Waals surface area contributed by atoms with Crippen molar-refractivity contribution >= 4 is 30.5 Å². The molecule has 0 saturated carbocycles. The topological polar surface area (TPSA) is 189 Å². The molecule has 0 unspecified atom stereocenters. The first-order valence-corrected chi connectivity index (χ1v) is 9.36. The van der Waals surface area contributed by atoms with Crippen molar-refractivity contribution in [2.75, 3.05) is 18.7 Å². The summed E-state index contributed by atoms with van der Waals surface area (Å²) in [5.74, 6) is 0.732. The minimum absolute atomic E-state index is 0.220. The maximum Gasteiger partial charge on any atom is 0.469 e. The number of aromatic nitrogens is 3. The van der Waals surface area contributed by atoms with Crippen molar-refractivity contribution < 1.29 is 33.8 Å². The second-order valence-corrected chi connectivity index (χ2v) is 7.43. The highest BCUT2D eigenvalue weighted by Crippen LogP contribution is 2.40. The van der Waals surface area contributed by atoms with Crippen LogP contribution >= 0.6 is 7.82 Å². The van der Waals surface area contributed by atoms with Gasteiger partial charge in [0.1, 0.15) is 30.3 Å². The van der Waals surface area contributed by atoms with Gasteiger partial charge in [-0.3, -0.25) is 4.52 Å². The molecule has 13 nitrogen and oxygen atoms in total. The predicted molar refractivity (Wildman–Crippen MR) is 90.6 cm³/mol. The molecule has 2 aromatic heterocycles. The van der Waals surface area contributed by atoms with Crippen LogP contribution in [0.3, 0.4) is 0 Å². The van der Waals surface area contributed by atoms with Gasteiger partial charge in [-0.2, -0.15) is 5.10 Å². The first-order valence-electron chi connectivity index (χ1n) is 7.83. The average molecular weight is 400 g/mol. The van der Waals surface area contributed by atoms with Gasteiger partial charge in [0.05, 0.1) is 12.0 Å². The van der Waals surface area contributed by atoms with Crippen LogP contribution in [-0.2, 0) is 13.8 Å². The Hall–Kier alpha value is -2.12. The molecule has 1 fully saturated rings. The van der Waals surface area contributed by atoms with E-state index in [1.165, 1.54) is 15.9 Å².